The highest BCUT2D eigenvalue weighted by Gasteiger charge is 2.10. The number of hydrogen-bond donors (Lipinski definition) is 2. The largest absolute Gasteiger partial charge is 0.346 e. The van der Waals surface area contributed by atoms with Crippen molar-refractivity contribution in [2.75, 3.05) is 0 Å². The number of hydrogen-bond acceptors (Lipinski definition) is 4. The van der Waals surface area contributed by atoms with Crippen LogP contribution in [0, 0.1) is 0 Å². The lowest BCUT2D eigenvalue weighted by Gasteiger charge is -2.03. The topological polar surface area (TPSA) is 87.2 Å². The summed E-state index contributed by atoms with van der Waals surface area (Å²) in [4.78, 5) is 30.2. The van der Waals surface area contributed by atoms with Crippen molar-refractivity contribution < 1.29 is 4.79 Å². The molecule has 1 aromatic heterocycles. The van der Waals surface area contributed by atoms with Crippen LogP contribution in [0.25, 0.3) is 11.3 Å². The molecule has 0 radical (unpaired) electrons. The van der Waals surface area contributed by atoms with Crippen molar-refractivity contribution in [1.82, 2.24) is 15.4 Å². The Kier molecular flexibility index (Phi) is 5.46. The monoisotopic (exact) mass is 386 g/mol. The Balaban J connectivity index is 1.77. The van der Waals surface area contributed by atoms with E-state index in [1.165, 1.54) is 12.3 Å². The Bertz CT molecular complexity index is 1030. The van der Waals surface area contributed by atoms with E-state index in [1.807, 2.05) is 18.2 Å². The maximum absolute atomic E-state index is 12.2. The molecule has 2 N–H and O–H groups in total. The molecule has 0 aliphatic carbocycles. The van der Waals surface area contributed by atoms with Gasteiger partial charge < -0.3 is 4.98 Å². The first-order valence-corrected chi connectivity index (χ1v) is 8.24. The summed E-state index contributed by atoms with van der Waals surface area (Å²) in [6, 6.07) is 15.5. The minimum absolute atomic E-state index is 0.0511. The Labute approximate surface area is 158 Å². The normalized spacial score (nSPS) is 10.8. The van der Waals surface area contributed by atoms with E-state index in [0.29, 0.717) is 21.3 Å². The van der Waals surface area contributed by atoms with Gasteiger partial charge in [0.15, 0.2) is 0 Å². The van der Waals surface area contributed by atoms with Crippen LogP contribution in [0.15, 0.2) is 64.5 Å². The minimum Gasteiger partial charge on any atom is -0.301 e. The summed E-state index contributed by atoms with van der Waals surface area (Å²) in [6.45, 7) is 0. The van der Waals surface area contributed by atoms with Crippen molar-refractivity contribution >= 4 is 35.3 Å². The summed E-state index contributed by atoms with van der Waals surface area (Å²) in [5.41, 5.74) is 3.56. The Morgan fingerprint density at radius 3 is 2.58 bits per heavy atom. The Morgan fingerprint density at radius 2 is 1.85 bits per heavy atom. The number of rotatable bonds is 4. The third kappa shape index (κ3) is 4.36. The highest BCUT2D eigenvalue weighted by Crippen LogP contribution is 2.21. The molecule has 8 heteroatoms. The van der Waals surface area contributed by atoms with Crippen LogP contribution in [0.2, 0.25) is 10.0 Å². The zero-order chi connectivity index (χ0) is 18.5. The molecule has 0 saturated carbocycles. The number of nitrogens with zero attached hydrogens (tertiary/aromatic N) is 2. The van der Waals surface area contributed by atoms with Gasteiger partial charge in [0.25, 0.3) is 5.91 Å². The van der Waals surface area contributed by atoms with Gasteiger partial charge in [0.2, 0.25) is 0 Å². The number of carbonyl (C=O) groups excluding carboxylic acids is 1. The third-order valence-corrected chi connectivity index (χ3v) is 4.12. The van der Waals surface area contributed by atoms with Gasteiger partial charge in [-0.15, -0.1) is 0 Å². The summed E-state index contributed by atoms with van der Waals surface area (Å²) < 4.78 is 0. The van der Waals surface area contributed by atoms with E-state index in [2.05, 4.69) is 20.5 Å². The van der Waals surface area contributed by atoms with Gasteiger partial charge in [-0.25, -0.2) is 10.2 Å². The fourth-order valence-corrected chi connectivity index (χ4v) is 2.46. The van der Waals surface area contributed by atoms with Crippen molar-refractivity contribution in [1.29, 1.82) is 0 Å². The van der Waals surface area contributed by atoms with Crippen LogP contribution in [0.5, 0.6) is 0 Å². The van der Waals surface area contributed by atoms with Gasteiger partial charge in [0.1, 0.15) is 5.69 Å². The highest BCUT2D eigenvalue weighted by molar-refractivity contribution is 6.42. The number of benzene rings is 2. The second kappa shape index (κ2) is 7.95. The van der Waals surface area contributed by atoms with Crippen LogP contribution in [-0.4, -0.2) is 22.1 Å². The number of amides is 1. The molecular weight excluding hydrogens is 375 g/mol. The minimum atomic E-state index is -0.620. The quantitative estimate of drug-likeness (QED) is 0.531. The zero-order valence-corrected chi connectivity index (χ0v) is 14.8. The van der Waals surface area contributed by atoms with Crippen LogP contribution in [0.4, 0.5) is 0 Å². The molecule has 0 unspecified atom stereocenters. The van der Waals surface area contributed by atoms with E-state index < -0.39 is 11.6 Å². The van der Waals surface area contributed by atoms with Crippen molar-refractivity contribution in [2.24, 2.45) is 5.10 Å². The highest BCUT2D eigenvalue weighted by atomic mass is 35.5. The van der Waals surface area contributed by atoms with E-state index >= 15 is 0 Å². The molecule has 0 aliphatic heterocycles. The van der Waals surface area contributed by atoms with Crippen molar-refractivity contribution in [3.8, 4) is 11.3 Å². The molecule has 1 heterocycles. The first-order chi connectivity index (χ1) is 12.5. The van der Waals surface area contributed by atoms with E-state index in [1.54, 1.807) is 30.3 Å². The number of nitrogens with one attached hydrogen (secondary N) is 2. The van der Waals surface area contributed by atoms with E-state index in [4.69, 9.17) is 23.2 Å². The molecule has 0 saturated heterocycles. The van der Waals surface area contributed by atoms with Gasteiger partial charge in [0, 0.05) is 5.56 Å². The lowest BCUT2D eigenvalue weighted by atomic mass is 10.1. The molecule has 2 aromatic carbocycles. The second-order valence-corrected chi connectivity index (χ2v) is 6.04. The van der Waals surface area contributed by atoms with Crippen LogP contribution < -0.4 is 11.1 Å². The molecule has 3 aromatic rings. The SMILES string of the molecule is O=C(N/N=C/c1ccc(Cl)c(Cl)c1)c1cc(-c2ccccc2)nc(=O)[nH]1. The van der Waals surface area contributed by atoms with Gasteiger partial charge in [-0.1, -0.05) is 59.6 Å². The van der Waals surface area contributed by atoms with E-state index in [9.17, 15) is 9.59 Å². The average Bonchev–Trinajstić information content (AvgIpc) is 2.65. The molecule has 0 fully saturated rings. The molecule has 0 spiro atoms. The van der Waals surface area contributed by atoms with Crippen molar-refractivity contribution in [3.05, 3.63) is 86.4 Å². The molecule has 0 aliphatic rings. The number of aromatic nitrogens is 2. The van der Waals surface area contributed by atoms with Gasteiger partial charge in [0.05, 0.1) is 22.0 Å². The summed E-state index contributed by atoms with van der Waals surface area (Å²) in [7, 11) is 0. The zero-order valence-electron chi connectivity index (χ0n) is 13.2. The van der Waals surface area contributed by atoms with Gasteiger partial charge >= 0.3 is 5.69 Å². The average molecular weight is 387 g/mol. The van der Waals surface area contributed by atoms with Crippen molar-refractivity contribution in [3.63, 3.8) is 0 Å². The number of H-pyrrole nitrogens is 1. The number of aromatic amines is 1. The number of carbonyl (C=O) groups is 1. The summed E-state index contributed by atoms with van der Waals surface area (Å²) in [5.74, 6) is -0.571. The first-order valence-electron chi connectivity index (χ1n) is 7.48. The maximum Gasteiger partial charge on any atom is 0.346 e. The third-order valence-electron chi connectivity index (χ3n) is 3.38. The van der Waals surface area contributed by atoms with Crippen LogP contribution in [-0.2, 0) is 0 Å². The summed E-state index contributed by atoms with van der Waals surface area (Å²) in [5, 5.41) is 4.66. The van der Waals surface area contributed by atoms with Crippen LogP contribution in [0.1, 0.15) is 16.1 Å². The van der Waals surface area contributed by atoms with Crippen molar-refractivity contribution in [2.45, 2.75) is 0 Å². The molecule has 26 heavy (non-hydrogen) atoms. The Morgan fingerprint density at radius 1 is 1.08 bits per heavy atom. The molecule has 3 rings (SSSR count). The second-order valence-electron chi connectivity index (χ2n) is 5.22. The van der Waals surface area contributed by atoms with Crippen LogP contribution in [0.3, 0.4) is 0 Å². The summed E-state index contributed by atoms with van der Waals surface area (Å²) >= 11 is 11.8. The lowest BCUT2D eigenvalue weighted by molar-refractivity contribution is 0.0949. The first kappa shape index (κ1) is 17.8. The number of hydrazone groups is 1. The maximum atomic E-state index is 12.2. The molecule has 0 bridgehead atoms. The fraction of sp³-hybridized carbons (Fsp3) is 0. The molecule has 0 atom stereocenters. The lowest BCUT2D eigenvalue weighted by Crippen LogP contribution is -2.24. The summed E-state index contributed by atoms with van der Waals surface area (Å²) in [6.07, 6.45) is 1.41. The number of halogens is 2. The molecule has 130 valence electrons. The van der Waals surface area contributed by atoms with Gasteiger partial charge in [-0.3, -0.25) is 4.79 Å². The smallest absolute Gasteiger partial charge is 0.301 e. The fourth-order valence-electron chi connectivity index (χ4n) is 2.16. The molecular formula is C18H12Cl2N4O2. The predicted octanol–water partition coefficient (Wildman–Crippen LogP) is 3.51. The molecule has 1 amide bonds. The van der Waals surface area contributed by atoms with Crippen LogP contribution >= 0.6 is 23.2 Å². The predicted molar refractivity (Wildman–Crippen MR) is 102 cm³/mol. The van der Waals surface area contributed by atoms with Gasteiger partial charge in [-0.2, -0.15) is 10.1 Å². The van der Waals surface area contributed by atoms with E-state index in [0.717, 1.165) is 5.56 Å². The van der Waals surface area contributed by atoms with Gasteiger partial charge in [-0.05, 0) is 23.8 Å². The Hall–Kier alpha value is -2.96. The van der Waals surface area contributed by atoms with E-state index in [-0.39, 0.29) is 5.69 Å². The molecule has 6 nitrogen and oxygen atoms in total. The standard InChI is InChI=1S/C18H12Cl2N4O2/c19-13-7-6-11(8-14(13)20)10-21-24-17(25)16-9-15(22-18(26)23-16)12-4-2-1-3-5-12/h1-10H,(H,24,25)(H,22,23,26)/b21-10+.